The number of nitrogens with zero attached hydrogens (tertiary/aromatic N) is 2. The Bertz CT molecular complexity index is 3490. The summed E-state index contributed by atoms with van der Waals surface area (Å²) >= 11 is 0. The van der Waals surface area contributed by atoms with Crippen molar-refractivity contribution in [2.75, 3.05) is 34.1 Å². The van der Waals surface area contributed by atoms with E-state index in [1.54, 1.807) is 34.6 Å². The van der Waals surface area contributed by atoms with Crippen LogP contribution in [0, 0.1) is 13.8 Å². The summed E-state index contributed by atoms with van der Waals surface area (Å²) in [5.41, 5.74) is -0.716. The highest BCUT2D eigenvalue weighted by Gasteiger charge is 2.30. The molecule has 0 amide bonds. The first-order valence-electron chi connectivity index (χ1n) is 27.5. The van der Waals surface area contributed by atoms with Crippen molar-refractivity contribution in [2.45, 2.75) is 191 Å². The molecule has 1 atom stereocenters. The fourth-order valence-electron chi connectivity index (χ4n) is 9.08. The van der Waals surface area contributed by atoms with Crippen LogP contribution in [0.3, 0.4) is 0 Å². The summed E-state index contributed by atoms with van der Waals surface area (Å²) in [6.07, 6.45) is 17.1. The Labute approximate surface area is 481 Å². The molecule has 0 radical (unpaired) electrons. The topological polar surface area (TPSA) is 278 Å². The molecule has 448 valence electrons. The Morgan fingerprint density at radius 2 is 1.17 bits per heavy atom. The van der Waals surface area contributed by atoms with Crippen LogP contribution in [0.1, 0.15) is 162 Å². The van der Waals surface area contributed by atoms with Gasteiger partial charge in [0.2, 0.25) is 20.0 Å². The highest BCUT2D eigenvalue weighted by Crippen LogP contribution is 2.44. The molecule has 0 aromatic heterocycles. The van der Waals surface area contributed by atoms with E-state index in [-0.39, 0.29) is 61.0 Å². The number of fused-ring (bicyclic) bond motifs is 1. The molecule has 1 unspecified atom stereocenters. The lowest BCUT2D eigenvalue weighted by atomic mass is 9.86. The number of nitrogens with one attached hydrogen (secondary N) is 4. The molecule has 81 heavy (non-hydrogen) atoms. The molecule has 0 heterocycles. The Hall–Kier alpha value is -5.72. The number of benzene rings is 5. The molecular weight excluding hydrogens is 1120 g/mol. The first-order valence-corrected chi connectivity index (χ1v) is 33.8. The van der Waals surface area contributed by atoms with Crippen LogP contribution in [0.4, 0.5) is 28.4 Å². The molecular formula is C58H84N6O13S4. The van der Waals surface area contributed by atoms with Crippen LogP contribution in [0.2, 0.25) is 0 Å². The van der Waals surface area contributed by atoms with Crippen LogP contribution in [0.25, 0.3) is 10.8 Å². The molecule has 6 N–H and O–H groups in total. The van der Waals surface area contributed by atoms with Gasteiger partial charge in [0.25, 0.3) is 20.0 Å². The van der Waals surface area contributed by atoms with Gasteiger partial charge in [0.05, 0.1) is 46.2 Å². The lowest BCUT2D eigenvalue weighted by Gasteiger charge is -2.25. The van der Waals surface area contributed by atoms with Crippen molar-refractivity contribution in [1.29, 1.82) is 0 Å². The number of hydrogen-bond donors (Lipinski definition) is 6. The van der Waals surface area contributed by atoms with Crippen LogP contribution in [0.15, 0.2) is 91.6 Å². The van der Waals surface area contributed by atoms with Gasteiger partial charge in [0, 0.05) is 35.1 Å². The van der Waals surface area contributed by atoms with Gasteiger partial charge < -0.3 is 24.4 Å². The van der Waals surface area contributed by atoms with E-state index in [2.05, 4.69) is 36.0 Å². The average molecular weight is 1200 g/mol. The van der Waals surface area contributed by atoms with Gasteiger partial charge in [0.1, 0.15) is 32.8 Å². The number of rotatable bonds is 31. The molecule has 19 nitrogen and oxygen atoms in total. The number of hydrogen-bond acceptors (Lipinski definition) is 15. The Kier molecular flexibility index (Phi) is 22.9. The summed E-state index contributed by atoms with van der Waals surface area (Å²) < 4.78 is 137. The zero-order valence-corrected chi connectivity index (χ0v) is 52.2. The number of azo groups is 1. The summed E-state index contributed by atoms with van der Waals surface area (Å²) in [5.74, 6) is -0.804. The SMILES string of the molecule is CCCCCCCCCCCCCCCCOc1cc(O)c(NS(=O)(=O)c2cc(NS(=O)(=O)c3cc(C)c(N=Nc4cc(S(=O)(=O)NC(C)(C)C)c(O)c5cccc(NS(C)(=O)=O)c45)cc3C)ccc2OC(C)OC)cc1C(C)(C)C. The lowest BCUT2D eigenvalue weighted by Crippen LogP contribution is -2.40. The fourth-order valence-corrected chi connectivity index (χ4v) is 13.8. The second-order valence-corrected chi connectivity index (χ2v) is 29.4. The third-order valence-corrected chi connectivity index (χ3v) is 18.4. The van der Waals surface area contributed by atoms with E-state index in [0.29, 0.717) is 17.9 Å². The van der Waals surface area contributed by atoms with Crippen LogP contribution < -0.4 is 28.4 Å². The quantitative estimate of drug-likeness (QED) is 0.0104. The van der Waals surface area contributed by atoms with E-state index in [1.165, 1.54) is 139 Å². The van der Waals surface area contributed by atoms with Crippen LogP contribution in [-0.4, -0.2) is 75.7 Å². The molecule has 0 fully saturated rings. The summed E-state index contributed by atoms with van der Waals surface area (Å²) in [6, 6.07) is 14.6. The number of phenols is 2. The number of aromatic hydroxyl groups is 2. The largest absolute Gasteiger partial charge is 0.506 e. The van der Waals surface area contributed by atoms with Gasteiger partial charge in [-0.2, -0.15) is 5.11 Å². The second kappa shape index (κ2) is 28.0. The molecule has 0 saturated carbocycles. The van der Waals surface area contributed by atoms with Crippen molar-refractivity contribution in [1.82, 2.24) is 4.72 Å². The highest BCUT2D eigenvalue weighted by atomic mass is 32.2. The highest BCUT2D eigenvalue weighted by molar-refractivity contribution is 7.93. The zero-order valence-electron chi connectivity index (χ0n) is 48.9. The van der Waals surface area contributed by atoms with E-state index in [1.807, 2.05) is 20.8 Å². The Morgan fingerprint density at radius 1 is 0.593 bits per heavy atom. The normalized spacial score (nSPS) is 13.2. The number of phenolic OH excluding ortho intramolecular Hbond substituents is 2. The van der Waals surface area contributed by atoms with Crippen LogP contribution >= 0.6 is 0 Å². The first-order chi connectivity index (χ1) is 37.8. The Balaban J connectivity index is 1.38. The molecule has 0 spiro atoms. The first kappa shape index (κ1) is 66.1. The molecule has 5 rings (SSSR count). The van der Waals surface area contributed by atoms with E-state index < -0.39 is 78.6 Å². The minimum absolute atomic E-state index is 0.0237. The van der Waals surface area contributed by atoms with Crippen molar-refractivity contribution >= 4 is 79.3 Å². The van der Waals surface area contributed by atoms with Gasteiger partial charge in [0.15, 0.2) is 6.29 Å². The summed E-state index contributed by atoms with van der Waals surface area (Å²) in [4.78, 5) is -1.24. The number of ether oxygens (including phenoxy) is 3. The van der Waals surface area contributed by atoms with Gasteiger partial charge >= 0.3 is 0 Å². The summed E-state index contributed by atoms with van der Waals surface area (Å²) in [7, 11) is -16.0. The minimum Gasteiger partial charge on any atom is -0.506 e. The van der Waals surface area contributed by atoms with E-state index in [9.17, 15) is 43.9 Å². The smallest absolute Gasteiger partial charge is 0.265 e. The molecule has 0 saturated heterocycles. The maximum absolute atomic E-state index is 14.5. The maximum atomic E-state index is 14.5. The van der Waals surface area contributed by atoms with Gasteiger partial charge in [-0.15, -0.1) is 5.11 Å². The molecule has 0 aliphatic heterocycles. The Morgan fingerprint density at radius 3 is 1.74 bits per heavy atom. The monoisotopic (exact) mass is 1200 g/mol. The maximum Gasteiger partial charge on any atom is 0.265 e. The van der Waals surface area contributed by atoms with Gasteiger partial charge in [-0.05, 0) is 113 Å². The van der Waals surface area contributed by atoms with Crippen molar-refractivity contribution in [3.05, 3.63) is 83.4 Å². The minimum atomic E-state index is -4.65. The summed E-state index contributed by atoms with van der Waals surface area (Å²) in [6.45, 7) is 17.9. The third-order valence-electron chi connectivity index (χ3n) is 13.2. The van der Waals surface area contributed by atoms with E-state index >= 15 is 0 Å². The van der Waals surface area contributed by atoms with Crippen LogP contribution in [0.5, 0.6) is 23.0 Å². The van der Waals surface area contributed by atoms with Crippen LogP contribution in [-0.2, 0) is 50.2 Å². The van der Waals surface area contributed by atoms with Crippen molar-refractivity contribution in [3.8, 4) is 23.0 Å². The number of methoxy groups -OCH3 is 1. The third kappa shape index (κ3) is 19.2. The van der Waals surface area contributed by atoms with Crippen molar-refractivity contribution in [3.63, 3.8) is 0 Å². The molecule has 0 aliphatic carbocycles. The standard InChI is InChI=1S/C58H84N6O13S4/c1-13-14-15-16-17-18-19-20-21-22-23-24-25-26-32-76-51-38-49(65)47(36-44(51)57(5,6)7)63-80(71,72)53-35-42(30-31-50(53)77-41(4)75-11)61-79(69,70)52-34-39(2)46(33-40(52)3)59-60-48-37-54(81(73,74)64-58(8,9)10)56(66)43-28-27-29-45(55(43)48)62-78(12,67)68/h27-31,33-38,41,61-66H,13-26,32H2,1-12H3. The van der Waals surface area contributed by atoms with E-state index in [0.717, 1.165) is 37.7 Å². The molecule has 5 aromatic carbocycles. The molecule has 5 aromatic rings. The summed E-state index contributed by atoms with van der Waals surface area (Å²) in [5, 5.41) is 31.3. The van der Waals surface area contributed by atoms with Gasteiger partial charge in [-0.1, -0.05) is 123 Å². The lowest BCUT2D eigenvalue weighted by molar-refractivity contribution is -0.0399. The van der Waals surface area contributed by atoms with E-state index in [4.69, 9.17) is 14.2 Å². The molecule has 0 aliphatic rings. The predicted molar refractivity (Wildman–Crippen MR) is 322 cm³/mol. The van der Waals surface area contributed by atoms with Crippen molar-refractivity contribution < 1.29 is 58.1 Å². The number of anilines is 3. The number of unbranched alkanes of at least 4 members (excludes halogenated alkanes) is 13. The molecule has 23 heteroatoms. The predicted octanol–water partition coefficient (Wildman–Crippen LogP) is 13.9. The number of aryl methyl sites for hydroxylation is 2. The van der Waals surface area contributed by atoms with Gasteiger partial charge in [-0.3, -0.25) is 14.2 Å². The average Bonchev–Trinajstić information content (AvgIpc) is 3.49. The molecule has 0 bridgehead atoms. The van der Waals surface area contributed by atoms with Crippen molar-refractivity contribution in [2.24, 2.45) is 10.2 Å². The van der Waals surface area contributed by atoms with Gasteiger partial charge in [-0.25, -0.2) is 38.4 Å². The fraction of sp³-hybridized carbons (Fsp3) is 0.517. The zero-order chi connectivity index (χ0) is 60.1. The second-order valence-electron chi connectivity index (χ2n) is 22.7. The number of sulfonamides is 4.